The summed E-state index contributed by atoms with van der Waals surface area (Å²) in [5, 5.41) is 0. The molecule has 0 spiro atoms. The van der Waals surface area contributed by atoms with Gasteiger partial charge in [-0.25, -0.2) is 0 Å². The van der Waals surface area contributed by atoms with Crippen molar-refractivity contribution < 1.29 is 28.6 Å². The van der Waals surface area contributed by atoms with Crippen molar-refractivity contribution >= 4 is 17.9 Å². The summed E-state index contributed by atoms with van der Waals surface area (Å²) in [5.41, 5.74) is 0. The second kappa shape index (κ2) is 48.3. The fourth-order valence-corrected chi connectivity index (χ4v) is 7.22. The summed E-state index contributed by atoms with van der Waals surface area (Å²) in [6.07, 6.45) is 55.5. The quantitative estimate of drug-likeness (QED) is 0.0263. The maximum atomic E-state index is 12.7. The minimum atomic E-state index is -0.777. The molecule has 0 aliphatic carbocycles. The van der Waals surface area contributed by atoms with Gasteiger partial charge in [-0.15, -0.1) is 0 Å². The van der Waals surface area contributed by atoms with Gasteiger partial charge in [0.05, 0.1) is 0 Å². The molecular formula is C53H96O6. The number of rotatable bonds is 46. The molecule has 6 heteroatoms. The van der Waals surface area contributed by atoms with Crippen molar-refractivity contribution in [3.8, 4) is 0 Å². The molecule has 0 rings (SSSR count). The topological polar surface area (TPSA) is 78.9 Å². The van der Waals surface area contributed by atoms with Gasteiger partial charge in [-0.2, -0.15) is 0 Å². The molecule has 0 aromatic rings. The van der Waals surface area contributed by atoms with Crippen molar-refractivity contribution in [3.63, 3.8) is 0 Å². The Hall–Kier alpha value is -2.37. The van der Waals surface area contributed by atoms with Crippen molar-refractivity contribution in [1.82, 2.24) is 0 Å². The minimum Gasteiger partial charge on any atom is -0.462 e. The van der Waals surface area contributed by atoms with E-state index in [1.54, 1.807) is 0 Å². The standard InChI is InChI=1S/C53H96O6/c1-4-7-10-13-16-19-22-24-26-28-31-33-36-39-42-45-51(54)57-48-50(59-53(56)47-44-41-38-35-30-21-18-15-12-9-6-3)49-58-52(55)46-43-40-37-34-32-29-27-25-23-20-17-14-11-8-5-2/h15-16,18-19,24,26,50H,4-14,17,20-23,25,27-49H2,1-3H3/b18-15-,19-16-,26-24-/t50-/m1/s1. The van der Waals surface area contributed by atoms with E-state index in [4.69, 9.17) is 14.2 Å². The predicted molar refractivity (Wildman–Crippen MR) is 252 cm³/mol. The maximum absolute atomic E-state index is 12.7. The lowest BCUT2D eigenvalue weighted by Gasteiger charge is -2.18. The average molecular weight is 829 g/mol. The zero-order valence-electron chi connectivity index (χ0n) is 39.3. The number of unbranched alkanes of at least 4 members (excludes halogenated alkanes) is 29. The van der Waals surface area contributed by atoms with E-state index in [0.717, 1.165) is 89.9 Å². The van der Waals surface area contributed by atoms with Crippen molar-refractivity contribution in [1.29, 1.82) is 0 Å². The van der Waals surface area contributed by atoms with E-state index in [1.165, 1.54) is 135 Å². The molecule has 0 aromatic carbocycles. The summed E-state index contributed by atoms with van der Waals surface area (Å²) in [4.78, 5) is 37.9. The summed E-state index contributed by atoms with van der Waals surface area (Å²) in [6.45, 7) is 6.57. The van der Waals surface area contributed by atoms with E-state index in [9.17, 15) is 14.4 Å². The Labute approximate surface area is 365 Å². The van der Waals surface area contributed by atoms with Gasteiger partial charge in [-0.3, -0.25) is 14.4 Å². The van der Waals surface area contributed by atoms with Crippen LogP contribution in [0, 0.1) is 0 Å². The monoisotopic (exact) mass is 829 g/mol. The third-order valence-corrected chi connectivity index (χ3v) is 11.1. The van der Waals surface area contributed by atoms with E-state index in [0.29, 0.717) is 19.3 Å². The summed E-state index contributed by atoms with van der Waals surface area (Å²) in [6, 6.07) is 0. The van der Waals surface area contributed by atoms with E-state index in [2.05, 4.69) is 57.2 Å². The lowest BCUT2D eigenvalue weighted by Crippen LogP contribution is -2.30. The van der Waals surface area contributed by atoms with Gasteiger partial charge in [0.15, 0.2) is 6.10 Å². The highest BCUT2D eigenvalue weighted by Gasteiger charge is 2.19. The van der Waals surface area contributed by atoms with Crippen molar-refractivity contribution in [2.45, 2.75) is 271 Å². The molecule has 0 amide bonds. The zero-order chi connectivity index (χ0) is 43.0. The molecule has 0 heterocycles. The molecule has 344 valence electrons. The number of hydrogen-bond acceptors (Lipinski definition) is 6. The van der Waals surface area contributed by atoms with Crippen LogP contribution in [0.3, 0.4) is 0 Å². The molecule has 0 saturated carbocycles. The lowest BCUT2D eigenvalue weighted by atomic mass is 10.0. The third-order valence-electron chi connectivity index (χ3n) is 11.1. The second-order valence-electron chi connectivity index (χ2n) is 17.1. The van der Waals surface area contributed by atoms with Gasteiger partial charge in [0.25, 0.3) is 0 Å². The molecule has 0 aliphatic heterocycles. The van der Waals surface area contributed by atoms with Crippen molar-refractivity contribution in [2.75, 3.05) is 13.2 Å². The van der Waals surface area contributed by atoms with Gasteiger partial charge >= 0.3 is 17.9 Å². The fourth-order valence-electron chi connectivity index (χ4n) is 7.22. The Balaban J connectivity index is 4.35. The molecule has 0 unspecified atom stereocenters. The van der Waals surface area contributed by atoms with Crippen LogP contribution in [-0.2, 0) is 28.6 Å². The number of hydrogen-bond donors (Lipinski definition) is 0. The highest BCUT2D eigenvalue weighted by Crippen LogP contribution is 2.15. The van der Waals surface area contributed by atoms with Crippen LogP contribution in [0.5, 0.6) is 0 Å². The van der Waals surface area contributed by atoms with Crippen LogP contribution < -0.4 is 0 Å². The summed E-state index contributed by atoms with van der Waals surface area (Å²) in [5.74, 6) is -0.893. The minimum absolute atomic E-state index is 0.0773. The molecule has 0 radical (unpaired) electrons. The maximum Gasteiger partial charge on any atom is 0.306 e. The first-order valence-electron chi connectivity index (χ1n) is 25.5. The Morgan fingerprint density at radius 2 is 0.627 bits per heavy atom. The molecule has 0 fully saturated rings. The number of carbonyl (C=O) groups excluding carboxylic acids is 3. The van der Waals surface area contributed by atoms with Crippen molar-refractivity contribution in [2.24, 2.45) is 0 Å². The van der Waals surface area contributed by atoms with Crippen LogP contribution in [0.4, 0.5) is 0 Å². The number of carbonyl (C=O) groups is 3. The molecule has 0 aromatic heterocycles. The van der Waals surface area contributed by atoms with Gasteiger partial charge in [-0.05, 0) is 70.6 Å². The van der Waals surface area contributed by atoms with E-state index < -0.39 is 6.10 Å². The van der Waals surface area contributed by atoms with Gasteiger partial charge in [0.2, 0.25) is 0 Å². The zero-order valence-corrected chi connectivity index (χ0v) is 39.3. The van der Waals surface area contributed by atoms with Gasteiger partial charge in [-0.1, -0.05) is 211 Å². The van der Waals surface area contributed by atoms with Crippen LogP contribution in [0.15, 0.2) is 36.5 Å². The van der Waals surface area contributed by atoms with Gasteiger partial charge in [0, 0.05) is 19.3 Å². The average Bonchev–Trinajstić information content (AvgIpc) is 3.23. The van der Waals surface area contributed by atoms with E-state index in [-0.39, 0.29) is 31.1 Å². The molecular weight excluding hydrogens is 733 g/mol. The largest absolute Gasteiger partial charge is 0.462 e. The molecule has 0 N–H and O–H groups in total. The number of ether oxygens (including phenoxy) is 3. The summed E-state index contributed by atoms with van der Waals surface area (Å²) in [7, 11) is 0. The smallest absolute Gasteiger partial charge is 0.306 e. The predicted octanol–water partition coefficient (Wildman–Crippen LogP) is 16.5. The summed E-state index contributed by atoms with van der Waals surface area (Å²) >= 11 is 0. The van der Waals surface area contributed by atoms with Gasteiger partial charge < -0.3 is 14.2 Å². The molecule has 1 atom stereocenters. The fraction of sp³-hybridized carbons (Fsp3) is 0.830. The van der Waals surface area contributed by atoms with Crippen LogP contribution in [-0.4, -0.2) is 37.2 Å². The molecule has 0 bridgehead atoms. The van der Waals surface area contributed by atoms with Crippen LogP contribution >= 0.6 is 0 Å². The van der Waals surface area contributed by atoms with Crippen LogP contribution in [0.25, 0.3) is 0 Å². The first-order chi connectivity index (χ1) is 29.0. The van der Waals surface area contributed by atoms with Crippen molar-refractivity contribution in [3.05, 3.63) is 36.5 Å². The van der Waals surface area contributed by atoms with E-state index >= 15 is 0 Å². The molecule has 6 nitrogen and oxygen atoms in total. The number of esters is 3. The summed E-state index contributed by atoms with van der Waals surface area (Å²) < 4.78 is 16.8. The molecule has 59 heavy (non-hydrogen) atoms. The Morgan fingerprint density at radius 1 is 0.339 bits per heavy atom. The Kier molecular flexibility index (Phi) is 46.4. The Bertz CT molecular complexity index is 1000. The lowest BCUT2D eigenvalue weighted by molar-refractivity contribution is -0.167. The highest BCUT2D eigenvalue weighted by molar-refractivity contribution is 5.71. The third kappa shape index (κ3) is 46.5. The number of allylic oxidation sites excluding steroid dienone is 6. The molecule has 0 aliphatic rings. The normalized spacial score (nSPS) is 12.3. The SMILES string of the molecule is CCCC/C=C\CCCCCCCC(=O)O[C@H](COC(=O)CCCCCCC/C=C\C/C=C\CCCCC)COC(=O)CCCCCCCCCCCCCCCCC. The Morgan fingerprint density at radius 3 is 1.03 bits per heavy atom. The highest BCUT2D eigenvalue weighted by atomic mass is 16.6. The molecule has 0 saturated heterocycles. The first kappa shape index (κ1) is 56.6. The second-order valence-corrected chi connectivity index (χ2v) is 17.1. The van der Waals surface area contributed by atoms with Gasteiger partial charge in [0.1, 0.15) is 13.2 Å². The van der Waals surface area contributed by atoms with Crippen LogP contribution in [0.1, 0.15) is 265 Å². The van der Waals surface area contributed by atoms with E-state index in [1.807, 2.05) is 0 Å². The van der Waals surface area contributed by atoms with Crippen LogP contribution in [0.2, 0.25) is 0 Å². The first-order valence-corrected chi connectivity index (χ1v) is 25.5.